The van der Waals surface area contributed by atoms with Gasteiger partial charge in [-0.3, -0.25) is 23.7 Å². The quantitative estimate of drug-likeness (QED) is 0.0205. The van der Waals surface area contributed by atoms with Crippen LogP contribution in [0.3, 0.4) is 0 Å². The minimum absolute atomic E-state index is 0.00164. The first kappa shape index (κ1) is 105. The lowest BCUT2D eigenvalue weighted by molar-refractivity contribution is -0.271. The van der Waals surface area contributed by atoms with E-state index in [9.17, 15) is 24.0 Å². The second-order valence-corrected chi connectivity index (χ2v) is 37.7. The summed E-state index contributed by atoms with van der Waals surface area (Å²) in [4.78, 5) is 85.0. The molecule has 1 fully saturated rings. The first-order chi connectivity index (χ1) is 55.2. The van der Waals surface area contributed by atoms with Gasteiger partial charge in [0.25, 0.3) is 0 Å². The van der Waals surface area contributed by atoms with E-state index >= 15 is 9.36 Å². The van der Waals surface area contributed by atoms with Gasteiger partial charge in [0, 0.05) is 25.5 Å². The monoisotopic (exact) mass is 1760 g/mol. The van der Waals surface area contributed by atoms with E-state index in [1.807, 2.05) is 6.92 Å². The highest BCUT2D eigenvalue weighted by Crippen LogP contribution is 2.53. The lowest BCUT2D eigenvalue weighted by atomic mass is 9.96. The maximum absolute atomic E-state index is 15.8. The number of rotatable bonds is 69. The normalized spacial score (nSPS) is 16.7. The molecule has 1 aliphatic rings. The minimum Gasteiger partial charge on any atom is -0.462 e. The highest BCUT2D eigenvalue weighted by atomic mass is 35.6. The molecule has 2 N–H and O–H groups in total. The Morgan fingerprint density at radius 3 is 1.28 bits per heavy atom. The maximum Gasteiger partial charge on any atom is 0.588 e. The van der Waals surface area contributed by atoms with Gasteiger partial charge in [0.1, 0.15) is 55.2 Å². The van der Waals surface area contributed by atoms with Crippen LogP contribution in [-0.4, -0.2) is 118 Å². The van der Waals surface area contributed by atoms with E-state index in [1.54, 1.807) is 36.4 Å². The number of benzene rings is 2. The van der Waals surface area contributed by atoms with Crippen LogP contribution in [-0.2, 0) is 66.2 Å². The molecule has 0 bridgehead atoms. The van der Waals surface area contributed by atoms with E-state index in [1.165, 1.54) is 167 Å². The second kappa shape index (κ2) is 64.2. The van der Waals surface area contributed by atoms with E-state index < -0.39 is 114 Å². The number of ether oxygens (including phenoxy) is 8. The summed E-state index contributed by atoms with van der Waals surface area (Å²) < 4.78 is 79.3. The number of unbranched alkanes of at least 4 members (excludes halogenated alkanes) is 36. The van der Waals surface area contributed by atoms with Crippen LogP contribution < -0.4 is 19.7 Å². The Morgan fingerprint density at radius 2 is 0.878 bits per heavy atom. The SMILES string of the molecule is CCCCCCCCCCCCCC(=O)O[C@H](CCCCCCCCCCC)CC(=O)NC(CC)CCCO[C@@H]1O[C@H](COC(=O)OC(C)(C)C(Cl)(Cl)Cl)[C@@H](OP(=O)(Oc2ccccc2)Oc2ccccc2)[C@H](OC(=O)C[C@@H](CCCCCCCCCCC)OC(=O)CCCCCCCCCCCCC)[C@H]1NC(=O)OCC(Cl)(Cl)Cl. The molecule has 662 valence electrons. The van der Waals surface area contributed by atoms with E-state index in [4.69, 9.17) is 121 Å². The molecule has 0 spiro atoms. The first-order valence-corrected chi connectivity index (χ1v) is 47.8. The van der Waals surface area contributed by atoms with Crippen molar-refractivity contribution >= 4 is 113 Å². The van der Waals surface area contributed by atoms with Crippen LogP contribution in [0.5, 0.6) is 11.5 Å². The number of alkyl carbamates (subject to hydrolysis) is 1. The van der Waals surface area contributed by atoms with Crippen LogP contribution in [0.4, 0.5) is 9.59 Å². The summed E-state index contributed by atoms with van der Waals surface area (Å²) in [5, 5.41) is 5.83. The number of alkyl halides is 6. The van der Waals surface area contributed by atoms with Crippen molar-refractivity contribution in [2.24, 2.45) is 0 Å². The van der Waals surface area contributed by atoms with E-state index in [0.717, 1.165) is 116 Å². The van der Waals surface area contributed by atoms with E-state index in [2.05, 4.69) is 38.3 Å². The van der Waals surface area contributed by atoms with Crippen molar-refractivity contribution in [2.45, 2.75) is 425 Å². The molecule has 1 heterocycles. The fraction of sp³-hybridized carbons (Fsp3) is 0.795. The van der Waals surface area contributed by atoms with Crippen LogP contribution in [0.15, 0.2) is 60.7 Å². The summed E-state index contributed by atoms with van der Waals surface area (Å²) in [5.74, 6) is -2.04. The van der Waals surface area contributed by atoms with Gasteiger partial charge in [-0.05, 0) is 95.9 Å². The summed E-state index contributed by atoms with van der Waals surface area (Å²) in [6.07, 6.45) is 34.1. The number of esters is 3. The van der Waals surface area contributed by atoms with Gasteiger partial charge < -0.3 is 57.6 Å². The molecule has 2 amide bonds. The minimum atomic E-state index is -5.13. The fourth-order valence-corrected chi connectivity index (χ4v) is 15.4. The Balaban J connectivity index is 2.11. The number of halogens is 6. The molecule has 2 aromatic carbocycles. The van der Waals surface area contributed by atoms with Gasteiger partial charge in [0.2, 0.25) is 13.5 Å². The predicted octanol–water partition coefficient (Wildman–Crippen LogP) is 26.6. The number of phosphoric ester groups is 1. The average Bonchev–Trinajstić information content (AvgIpc) is 0.770. The van der Waals surface area contributed by atoms with Crippen LogP contribution in [0.25, 0.3) is 0 Å². The molecule has 27 heteroatoms. The number of amides is 2. The largest absolute Gasteiger partial charge is 0.588 e. The number of hydrogen-bond acceptors (Lipinski definition) is 18. The molecule has 1 unspecified atom stereocenters. The zero-order valence-electron chi connectivity index (χ0n) is 70.7. The molecule has 0 saturated carbocycles. The van der Waals surface area contributed by atoms with Crippen molar-refractivity contribution in [3.8, 4) is 11.5 Å². The molecule has 1 aliphatic heterocycles. The van der Waals surface area contributed by atoms with Crippen LogP contribution in [0.2, 0.25) is 0 Å². The number of hydrogen-bond donors (Lipinski definition) is 2. The predicted molar refractivity (Wildman–Crippen MR) is 463 cm³/mol. The summed E-state index contributed by atoms with van der Waals surface area (Å²) in [7, 11) is -5.13. The third-order valence-corrected chi connectivity index (χ3v) is 23.7. The molecular weight excluding hydrogens is 1620 g/mol. The molecule has 0 radical (unpaired) electrons. The van der Waals surface area contributed by atoms with Crippen molar-refractivity contribution in [3.05, 3.63) is 60.7 Å². The Kier molecular flexibility index (Phi) is 58.9. The van der Waals surface area contributed by atoms with Gasteiger partial charge >= 0.3 is 38.0 Å². The topological polar surface area (TPSA) is 245 Å². The molecule has 0 aromatic heterocycles. The van der Waals surface area contributed by atoms with E-state index in [0.29, 0.717) is 38.5 Å². The number of carbonyl (C=O) groups is 6. The summed E-state index contributed by atoms with van der Waals surface area (Å²) >= 11 is 37.2. The Bertz CT molecular complexity index is 2860. The van der Waals surface area contributed by atoms with Gasteiger partial charge in [-0.15, -0.1) is 0 Å². The van der Waals surface area contributed by atoms with Crippen molar-refractivity contribution in [2.75, 3.05) is 19.8 Å². The van der Waals surface area contributed by atoms with Gasteiger partial charge in [0.15, 0.2) is 18.0 Å². The van der Waals surface area contributed by atoms with Gasteiger partial charge in [-0.1, -0.05) is 372 Å². The maximum atomic E-state index is 15.8. The molecule has 2 aromatic rings. The molecule has 0 aliphatic carbocycles. The lowest BCUT2D eigenvalue weighted by Gasteiger charge is -2.45. The van der Waals surface area contributed by atoms with Crippen molar-refractivity contribution in [1.29, 1.82) is 0 Å². The van der Waals surface area contributed by atoms with Crippen molar-refractivity contribution < 1.29 is 84.8 Å². The van der Waals surface area contributed by atoms with Gasteiger partial charge in [-0.2, -0.15) is 0 Å². The summed E-state index contributed by atoms with van der Waals surface area (Å²) in [5.41, 5.74) is -1.80. The van der Waals surface area contributed by atoms with Crippen LogP contribution in [0, 0.1) is 0 Å². The molecule has 8 atom stereocenters. The number of para-hydroxylation sites is 2. The Hall–Kier alpha value is -3.69. The Morgan fingerprint density at radius 1 is 0.478 bits per heavy atom. The van der Waals surface area contributed by atoms with Crippen molar-refractivity contribution in [1.82, 2.24) is 10.6 Å². The third kappa shape index (κ3) is 52.3. The van der Waals surface area contributed by atoms with Gasteiger partial charge in [-0.25, -0.2) is 14.2 Å². The number of carbonyl (C=O) groups excluding carboxylic acids is 6. The average molecular weight is 1760 g/mol. The molecular formula is C88H145Cl6N2O18P. The molecule has 20 nitrogen and oxygen atoms in total. The molecule has 3 rings (SSSR count). The Labute approximate surface area is 721 Å². The number of phosphoric acid groups is 1. The third-order valence-electron chi connectivity index (χ3n) is 20.6. The van der Waals surface area contributed by atoms with E-state index in [-0.39, 0.29) is 55.7 Å². The first-order valence-electron chi connectivity index (χ1n) is 44.1. The molecule has 115 heavy (non-hydrogen) atoms. The van der Waals surface area contributed by atoms with Gasteiger partial charge in [0.05, 0.1) is 12.8 Å². The standard InChI is InChI=1S/C88H145Cl6N2O18P/c1-8-13-17-21-25-29-31-35-39-43-53-63-77(98)107-73(61-47-41-37-33-27-23-19-15-10-3)66-76(97)95-70(12-5)56-55-65-104-83-80(96-84(101)106-69-87(89,90)91)82(110-79(100)67-74(62-48-42-38-34-28-24-20-16-11-4)108-78(99)64-54-44-40-36-32-30-26-22-18-14-9-2)81(75(109-83)68-105-85(102)111-86(6,7)88(92,93)94)114-115(103,112-71-57-49-45-50-58-71)113-72-59-51-46-52-60-72/h45-46,49-52,57-60,70,73-75,80-83H,8-44,47-48,53-56,61-69H2,1-7H3,(H,95,97)(H,96,101)/t70?,73-,74-,75-,80-,81-,82-,83-/m1/s1. The zero-order chi connectivity index (χ0) is 84.3. The smallest absolute Gasteiger partial charge is 0.462 e. The summed E-state index contributed by atoms with van der Waals surface area (Å²) in [6, 6.07) is 13.7. The second-order valence-electron chi connectivity index (χ2n) is 31.5. The molecule has 1 saturated heterocycles. The highest BCUT2D eigenvalue weighted by Gasteiger charge is 2.55. The fourth-order valence-electron chi connectivity index (χ4n) is 13.7. The van der Waals surface area contributed by atoms with Crippen LogP contribution >= 0.6 is 77.4 Å². The van der Waals surface area contributed by atoms with Crippen LogP contribution in [0.1, 0.15) is 363 Å². The summed E-state index contributed by atoms with van der Waals surface area (Å²) in [6.45, 7) is 11.6. The number of nitrogens with one attached hydrogen (secondary N) is 2. The lowest BCUT2D eigenvalue weighted by Crippen LogP contribution is -2.66. The highest BCUT2D eigenvalue weighted by molar-refractivity contribution is 7.49. The van der Waals surface area contributed by atoms with Crippen molar-refractivity contribution in [3.63, 3.8) is 0 Å². The zero-order valence-corrected chi connectivity index (χ0v) is 76.2.